The van der Waals surface area contributed by atoms with Crippen LogP contribution in [-0.4, -0.2) is 67.7 Å². The summed E-state index contributed by atoms with van der Waals surface area (Å²) in [6.45, 7) is 7.52. The number of ether oxygens (including phenoxy) is 1. The summed E-state index contributed by atoms with van der Waals surface area (Å²) in [5.41, 5.74) is 0.458. The highest BCUT2D eigenvalue weighted by molar-refractivity contribution is 5.84. The Morgan fingerprint density at radius 1 is 1.26 bits per heavy atom. The zero-order chi connectivity index (χ0) is 16.2. The van der Waals surface area contributed by atoms with Gasteiger partial charge in [-0.25, -0.2) is 4.39 Å². The molecule has 2 aliphatic rings. The molecule has 2 saturated heterocycles. The number of piperazine rings is 1. The molecule has 2 aliphatic heterocycles. The molecule has 2 heterocycles. The maximum Gasteiger partial charge on any atom is 0.242 e. The maximum absolute atomic E-state index is 14.1. The average molecular weight is 321 g/mol. The molecule has 1 N–H and O–H groups in total. The second-order valence-corrected chi connectivity index (χ2v) is 6.21. The summed E-state index contributed by atoms with van der Waals surface area (Å²) in [6, 6.07) is 6.40. The van der Waals surface area contributed by atoms with Gasteiger partial charge >= 0.3 is 0 Å². The molecule has 2 fully saturated rings. The van der Waals surface area contributed by atoms with Gasteiger partial charge in [-0.1, -0.05) is 18.2 Å². The van der Waals surface area contributed by atoms with Gasteiger partial charge in [-0.3, -0.25) is 14.6 Å². The van der Waals surface area contributed by atoms with Crippen LogP contribution >= 0.6 is 0 Å². The van der Waals surface area contributed by atoms with Crippen molar-refractivity contribution in [3.05, 3.63) is 35.6 Å². The van der Waals surface area contributed by atoms with Crippen molar-refractivity contribution in [2.24, 2.45) is 0 Å². The van der Waals surface area contributed by atoms with Gasteiger partial charge in [0.05, 0.1) is 13.2 Å². The van der Waals surface area contributed by atoms with Gasteiger partial charge in [0.2, 0.25) is 5.91 Å². The molecule has 0 unspecified atom stereocenters. The van der Waals surface area contributed by atoms with E-state index in [-0.39, 0.29) is 11.7 Å². The third kappa shape index (κ3) is 3.71. The smallest absolute Gasteiger partial charge is 0.242 e. The molecule has 23 heavy (non-hydrogen) atoms. The van der Waals surface area contributed by atoms with Crippen LogP contribution in [0.4, 0.5) is 4.39 Å². The van der Waals surface area contributed by atoms with Gasteiger partial charge in [0.25, 0.3) is 0 Å². The number of hydrogen-bond donors (Lipinski definition) is 1. The van der Waals surface area contributed by atoms with E-state index in [4.69, 9.17) is 4.74 Å². The van der Waals surface area contributed by atoms with Crippen molar-refractivity contribution in [1.82, 2.24) is 15.1 Å². The molecule has 0 saturated carbocycles. The number of halogens is 1. The van der Waals surface area contributed by atoms with E-state index in [1.165, 1.54) is 6.07 Å². The van der Waals surface area contributed by atoms with E-state index in [0.717, 1.165) is 39.4 Å². The monoisotopic (exact) mass is 321 g/mol. The molecule has 1 amide bonds. The van der Waals surface area contributed by atoms with Crippen molar-refractivity contribution in [2.45, 2.75) is 19.0 Å². The first-order chi connectivity index (χ1) is 11.2. The summed E-state index contributed by atoms with van der Waals surface area (Å²) < 4.78 is 19.6. The summed E-state index contributed by atoms with van der Waals surface area (Å²) in [6.07, 6.45) is 0. The highest BCUT2D eigenvalue weighted by Gasteiger charge is 2.33. The highest BCUT2D eigenvalue weighted by Crippen LogP contribution is 2.25. The Bertz CT molecular complexity index is 554. The fraction of sp³-hybridized carbons (Fsp3) is 0.588. The number of carbonyl (C=O) groups is 1. The minimum absolute atomic E-state index is 0.114. The molecule has 0 bridgehead atoms. The minimum atomic E-state index is -0.540. The summed E-state index contributed by atoms with van der Waals surface area (Å²) >= 11 is 0. The third-order valence-electron chi connectivity index (χ3n) is 4.69. The second-order valence-electron chi connectivity index (χ2n) is 6.21. The highest BCUT2D eigenvalue weighted by atomic mass is 19.1. The van der Waals surface area contributed by atoms with E-state index in [1.54, 1.807) is 18.2 Å². The van der Waals surface area contributed by atoms with Gasteiger partial charge in [-0.15, -0.1) is 0 Å². The van der Waals surface area contributed by atoms with Crippen LogP contribution in [0.15, 0.2) is 24.3 Å². The third-order valence-corrected chi connectivity index (χ3v) is 4.69. The molecule has 5 nitrogen and oxygen atoms in total. The normalized spacial score (nSPS) is 27.0. The zero-order valence-electron chi connectivity index (χ0n) is 13.5. The Labute approximate surface area is 136 Å². The van der Waals surface area contributed by atoms with Crippen LogP contribution in [0.5, 0.6) is 0 Å². The van der Waals surface area contributed by atoms with Crippen molar-refractivity contribution in [1.29, 1.82) is 0 Å². The van der Waals surface area contributed by atoms with Crippen LogP contribution < -0.4 is 5.32 Å². The lowest BCUT2D eigenvalue weighted by Crippen LogP contribution is -2.53. The first-order valence-electron chi connectivity index (χ1n) is 8.25. The van der Waals surface area contributed by atoms with Gasteiger partial charge in [-0.2, -0.15) is 0 Å². The van der Waals surface area contributed by atoms with Gasteiger partial charge in [-0.05, 0) is 13.0 Å². The quantitative estimate of drug-likeness (QED) is 0.899. The van der Waals surface area contributed by atoms with Crippen molar-refractivity contribution >= 4 is 5.91 Å². The Hall–Kier alpha value is -1.50. The Morgan fingerprint density at radius 3 is 2.83 bits per heavy atom. The standard InChI is InChI=1S/C17H24FN3O2/c1-13-12-23-11-10-20(13)8-9-21-7-6-19-17(22)16(21)14-4-2-3-5-15(14)18/h2-5,13,16H,6-12H2,1H3,(H,19,22)/t13-,16-/m1/s1. The van der Waals surface area contributed by atoms with Crippen LogP contribution in [0.1, 0.15) is 18.5 Å². The molecule has 0 aromatic heterocycles. The van der Waals surface area contributed by atoms with Crippen LogP contribution in [0.3, 0.4) is 0 Å². The topological polar surface area (TPSA) is 44.8 Å². The first kappa shape index (κ1) is 16.4. The minimum Gasteiger partial charge on any atom is -0.379 e. The predicted molar refractivity (Wildman–Crippen MR) is 85.6 cm³/mol. The molecule has 3 rings (SSSR count). The largest absolute Gasteiger partial charge is 0.379 e. The van der Waals surface area contributed by atoms with Crippen LogP contribution in [0.25, 0.3) is 0 Å². The molecule has 126 valence electrons. The molecule has 0 radical (unpaired) electrons. The van der Waals surface area contributed by atoms with E-state index in [0.29, 0.717) is 18.2 Å². The van der Waals surface area contributed by atoms with E-state index in [9.17, 15) is 9.18 Å². The van der Waals surface area contributed by atoms with Crippen LogP contribution in [-0.2, 0) is 9.53 Å². The van der Waals surface area contributed by atoms with Crippen LogP contribution in [0.2, 0.25) is 0 Å². The summed E-state index contributed by atoms with van der Waals surface area (Å²) in [5, 5.41) is 2.85. The van der Waals surface area contributed by atoms with Crippen molar-refractivity contribution in [3.63, 3.8) is 0 Å². The number of nitrogens with one attached hydrogen (secondary N) is 1. The van der Waals surface area contributed by atoms with Crippen LogP contribution in [0, 0.1) is 5.82 Å². The Kier molecular flexibility index (Phi) is 5.25. The van der Waals surface area contributed by atoms with E-state index in [1.807, 2.05) is 0 Å². The second kappa shape index (κ2) is 7.38. The molecule has 6 heteroatoms. The lowest BCUT2D eigenvalue weighted by Gasteiger charge is -2.39. The molecule has 1 aromatic rings. The predicted octanol–water partition coefficient (Wildman–Crippen LogP) is 1.02. The molecule has 2 atom stereocenters. The molecule has 1 aromatic carbocycles. The molecule has 0 spiro atoms. The van der Waals surface area contributed by atoms with E-state index in [2.05, 4.69) is 22.0 Å². The fourth-order valence-corrected chi connectivity index (χ4v) is 3.34. The number of morpholine rings is 1. The van der Waals surface area contributed by atoms with Gasteiger partial charge in [0.15, 0.2) is 0 Å². The summed E-state index contributed by atoms with van der Waals surface area (Å²) in [5.74, 6) is -0.435. The zero-order valence-corrected chi connectivity index (χ0v) is 13.5. The van der Waals surface area contributed by atoms with Crippen molar-refractivity contribution < 1.29 is 13.9 Å². The van der Waals surface area contributed by atoms with Crippen molar-refractivity contribution in [3.8, 4) is 0 Å². The first-order valence-corrected chi connectivity index (χ1v) is 8.25. The number of rotatable bonds is 4. The Balaban J connectivity index is 1.71. The maximum atomic E-state index is 14.1. The number of nitrogens with zero attached hydrogens (tertiary/aromatic N) is 2. The number of benzene rings is 1. The van der Waals surface area contributed by atoms with Gasteiger partial charge in [0, 0.05) is 44.3 Å². The summed E-state index contributed by atoms with van der Waals surface area (Å²) in [4.78, 5) is 16.8. The van der Waals surface area contributed by atoms with Crippen molar-refractivity contribution in [2.75, 3.05) is 45.9 Å². The Morgan fingerprint density at radius 2 is 2.04 bits per heavy atom. The molecule has 0 aliphatic carbocycles. The average Bonchev–Trinajstić information content (AvgIpc) is 2.55. The lowest BCUT2D eigenvalue weighted by molar-refractivity contribution is -0.129. The lowest BCUT2D eigenvalue weighted by atomic mass is 10.0. The SMILES string of the molecule is C[C@@H]1COCCN1CCN1CCNC(=O)[C@H]1c1ccccc1F. The molecular formula is C17H24FN3O2. The number of hydrogen-bond acceptors (Lipinski definition) is 4. The van der Waals surface area contributed by atoms with E-state index < -0.39 is 6.04 Å². The van der Waals surface area contributed by atoms with Gasteiger partial charge < -0.3 is 10.1 Å². The van der Waals surface area contributed by atoms with Gasteiger partial charge in [0.1, 0.15) is 11.9 Å². The molecular weight excluding hydrogens is 297 g/mol. The number of amides is 1. The summed E-state index contributed by atoms with van der Waals surface area (Å²) in [7, 11) is 0. The van der Waals surface area contributed by atoms with E-state index >= 15 is 0 Å². The fourth-order valence-electron chi connectivity index (χ4n) is 3.34. The number of carbonyl (C=O) groups excluding carboxylic acids is 1.